The molecule has 5 rings (SSSR count). The molecule has 236 valence electrons. The van der Waals surface area contributed by atoms with Crippen LogP contribution < -0.4 is 10.2 Å². The number of sulfonamides is 1. The fraction of sp³-hybridized carbons (Fsp3) is 0.300. The highest BCUT2D eigenvalue weighted by atomic mass is 35.5. The lowest BCUT2D eigenvalue weighted by molar-refractivity contribution is 0.00578. The van der Waals surface area contributed by atoms with E-state index in [9.17, 15) is 18.0 Å². The minimum absolute atomic E-state index is 0.0280. The number of hydrogen-bond donors (Lipinski definition) is 1. The van der Waals surface area contributed by atoms with E-state index >= 15 is 8.78 Å². The Bertz CT molecular complexity index is 1950. The maximum Gasteiger partial charge on any atom is 0.496 e. The van der Waals surface area contributed by atoms with Crippen molar-refractivity contribution in [3.8, 4) is 0 Å². The Hall–Kier alpha value is -3.36. The Balaban J connectivity index is 1.70. The van der Waals surface area contributed by atoms with Gasteiger partial charge in [-0.2, -0.15) is 0 Å². The highest BCUT2D eigenvalue weighted by Gasteiger charge is 2.52. The van der Waals surface area contributed by atoms with Gasteiger partial charge in [-0.05, 0) is 64.4 Å². The molecule has 2 aromatic heterocycles. The van der Waals surface area contributed by atoms with Gasteiger partial charge >= 0.3 is 7.12 Å². The summed E-state index contributed by atoms with van der Waals surface area (Å²) < 4.78 is 70.9. The average molecular weight is 678 g/mol. The van der Waals surface area contributed by atoms with Gasteiger partial charge in [0, 0.05) is 23.2 Å². The summed E-state index contributed by atoms with van der Waals surface area (Å²) in [5.41, 5.74) is -3.13. The third kappa shape index (κ3) is 5.99. The molecule has 0 spiro atoms. The predicted molar refractivity (Wildman–Crippen MR) is 169 cm³/mol. The molecule has 0 bridgehead atoms. The molecule has 1 saturated heterocycles. The van der Waals surface area contributed by atoms with E-state index in [4.69, 9.17) is 32.5 Å². The van der Waals surface area contributed by atoms with E-state index in [0.29, 0.717) is 5.46 Å². The van der Waals surface area contributed by atoms with E-state index in [0.717, 1.165) is 22.9 Å². The number of halogens is 4. The second-order valence-electron chi connectivity index (χ2n) is 11.6. The lowest BCUT2D eigenvalue weighted by atomic mass is 9.79. The first-order valence-electron chi connectivity index (χ1n) is 13.9. The molecule has 0 amide bonds. The third-order valence-corrected chi connectivity index (χ3v) is 9.99. The number of carbonyl (C=O) groups excluding carboxylic acids is 2. The lowest BCUT2D eigenvalue weighted by Crippen LogP contribution is -2.41. The van der Waals surface area contributed by atoms with E-state index in [1.54, 1.807) is 13.0 Å². The molecule has 0 atom stereocenters. The predicted octanol–water partition coefficient (Wildman–Crippen LogP) is 5.99. The highest BCUT2D eigenvalue weighted by molar-refractivity contribution is 7.92. The van der Waals surface area contributed by atoms with Crippen molar-refractivity contribution >= 4 is 74.2 Å². The van der Waals surface area contributed by atoms with Crippen LogP contribution in [0.4, 0.5) is 14.5 Å². The Kier molecular flexibility index (Phi) is 8.64. The van der Waals surface area contributed by atoms with Gasteiger partial charge in [0.1, 0.15) is 11.5 Å². The van der Waals surface area contributed by atoms with Crippen molar-refractivity contribution in [2.45, 2.75) is 52.2 Å². The van der Waals surface area contributed by atoms with E-state index in [1.807, 2.05) is 27.7 Å². The Morgan fingerprint density at radius 3 is 2.24 bits per heavy atom. The zero-order chi connectivity index (χ0) is 33.1. The van der Waals surface area contributed by atoms with Crippen molar-refractivity contribution in [1.29, 1.82) is 0 Å². The number of rotatable bonds is 8. The van der Waals surface area contributed by atoms with Gasteiger partial charge in [-0.3, -0.25) is 18.9 Å². The molecule has 15 heteroatoms. The molecule has 0 saturated carbocycles. The molecular weight excluding hydrogens is 650 g/mol. The summed E-state index contributed by atoms with van der Waals surface area (Å²) in [6, 6.07) is 7.61. The van der Waals surface area contributed by atoms with Gasteiger partial charge in [-0.1, -0.05) is 36.2 Å². The first-order chi connectivity index (χ1) is 21.0. The molecule has 3 heterocycles. The standard InChI is InChI=1S/C30H28BCl2F2N3O6S/c1-6-12-45(41,42)37-22-11-10-21(34)24(25(22)35)26(39)18-15-38(28(40)23-19(32)8-7-9-20(23)33)27-17(18)13-16(14-36-27)31-43-29(2,3)30(4,5)44-31/h7-11,13-15,37H,6,12H2,1-5H3. The van der Waals surface area contributed by atoms with Crippen molar-refractivity contribution in [2.75, 3.05) is 10.5 Å². The largest absolute Gasteiger partial charge is 0.496 e. The second kappa shape index (κ2) is 11.8. The van der Waals surface area contributed by atoms with Crippen LogP contribution in [0.3, 0.4) is 0 Å². The topological polar surface area (TPSA) is 117 Å². The molecule has 9 nitrogen and oxygen atoms in total. The SMILES string of the molecule is CCCS(=O)(=O)Nc1ccc(F)c(C(=O)c2cn(C(=O)c3c(Cl)cccc3Cl)c3ncc(B4OC(C)(C)C(C)(C)O4)cc23)c1F. The fourth-order valence-corrected chi connectivity index (χ4v) is 6.54. The average Bonchev–Trinajstić information content (AvgIpc) is 3.42. The zero-order valence-corrected chi connectivity index (χ0v) is 27.2. The number of aromatic nitrogens is 2. The summed E-state index contributed by atoms with van der Waals surface area (Å²) in [7, 11) is -4.90. The Labute approximate surface area is 269 Å². The van der Waals surface area contributed by atoms with Crippen molar-refractivity contribution in [2.24, 2.45) is 0 Å². The first-order valence-corrected chi connectivity index (χ1v) is 16.3. The minimum atomic E-state index is -3.98. The molecule has 45 heavy (non-hydrogen) atoms. The van der Waals surface area contributed by atoms with Crippen molar-refractivity contribution in [1.82, 2.24) is 9.55 Å². The van der Waals surface area contributed by atoms with Crippen molar-refractivity contribution < 1.29 is 36.1 Å². The zero-order valence-electron chi connectivity index (χ0n) is 24.9. The fourth-order valence-electron chi connectivity index (χ4n) is 4.85. The molecule has 1 N–H and O–H groups in total. The molecular formula is C30H28BCl2F2N3O6S. The summed E-state index contributed by atoms with van der Waals surface area (Å²) in [5, 5.41) is 0.0972. The smallest absolute Gasteiger partial charge is 0.399 e. The van der Waals surface area contributed by atoms with Gasteiger partial charge in [-0.25, -0.2) is 22.2 Å². The van der Waals surface area contributed by atoms with Gasteiger partial charge in [-0.15, -0.1) is 0 Å². The van der Waals surface area contributed by atoms with E-state index < -0.39 is 62.9 Å². The summed E-state index contributed by atoms with van der Waals surface area (Å²) >= 11 is 12.6. The van der Waals surface area contributed by atoms with Gasteiger partial charge in [0.15, 0.2) is 5.82 Å². The van der Waals surface area contributed by atoms with E-state index in [2.05, 4.69) is 9.71 Å². The molecule has 1 aliphatic rings. The number of pyridine rings is 1. The summed E-state index contributed by atoms with van der Waals surface area (Å²) in [4.78, 5) is 32.1. The number of fused-ring (bicyclic) bond motifs is 1. The number of nitrogens with one attached hydrogen (secondary N) is 1. The molecule has 1 fully saturated rings. The monoisotopic (exact) mass is 677 g/mol. The van der Waals surface area contributed by atoms with E-state index in [-0.39, 0.29) is 44.4 Å². The van der Waals surface area contributed by atoms with Crippen LogP contribution in [-0.4, -0.2) is 53.7 Å². The van der Waals surface area contributed by atoms with Crippen LogP contribution in [0.5, 0.6) is 0 Å². The van der Waals surface area contributed by atoms with Crippen LogP contribution in [0.15, 0.2) is 48.8 Å². The number of hydrogen-bond acceptors (Lipinski definition) is 7. The summed E-state index contributed by atoms with van der Waals surface area (Å²) in [6.45, 7) is 9.02. The van der Waals surface area contributed by atoms with Crippen LogP contribution in [0.2, 0.25) is 10.0 Å². The lowest BCUT2D eigenvalue weighted by Gasteiger charge is -2.32. The first kappa shape index (κ1) is 33.0. The maximum absolute atomic E-state index is 15.7. The quantitative estimate of drug-likeness (QED) is 0.180. The Morgan fingerprint density at radius 2 is 1.64 bits per heavy atom. The van der Waals surface area contributed by atoms with Gasteiger partial charge in [0.2, 0.25) is 15.8 Å². The third-order valence-electron chi connectivity index (χ3n) is 7.89. The van der Waals surface area contributed by atoms with Crippen molar-refractivity contribution in [3.05, 3.63) is 87.2 Å². The van der Waals surface area contributed by atoms with Crippen LogP contribution in [-0.2, 0) is 19.3 Å². The summed E-state index contributed by atoms with van der Waals surface area (Å²) in [5.74, 6) is -4.91. The molecule has 0 radical (unpaired) electrons. The van der Waals surface area contributed by atoms with Crippen LogP contribution in [0.25, 0.3) is 11.0 Å². The second-order valence-corrected chi connectivity index (χ2v) is 14.2. The molecule has 4 aromatic rings. The number of anilines is 1. The minimum Gasteiger partial charge on any atom is -0.399 e. The number of carbonyl (C=O) groups is 2. The highest BCUT2D eigenvalue weighted by Crippen LogP contribution is 2.37. The molecule has 0 unspecified atom stereocenters. The Morgan fingerprint density at radius 1 is 1.02 bits per heavy atom. The summed E-state index contributed by atoms with van der Waals surface area (Å²) in [6.07, 6.45) is 2.73. The molecule has 1 aliphatic heterocycles. The maximum atomic E-state index is 15.7. The molecule has 0 aliphatic carbocycles. The number of nitrogens with zero attached hydrogens (tertiary/aromatic N) is 2. The van der Waals surface area contributed by atoms with Crippen LogP contribution in [0.1, 0.15) is 67.3 Å². The van der Waals surface area contributed by atoms with Crippen LogP contribution in [0, 0.1) is 11.6 Å². The number of ketones is 1. The van der Waals surface area contributed by atoms with Gasteiger partial charge < -0.3 is 9.31 Å². The van der Waals surface area contributed by atoms with Crippen LogP contribution >= 0.6 is 23.2 Å². The van der Waals surface area contributed by atoms with Crippen molar-refractivity contribution in [3.63, 3.8) is 0 Å². The number of benzene rings is 2. The van der Waals surface area contributed by atoms with Gasteiger partial charge in [0.05, 0.1) is 49.4 Å². The normalized spacial score (nSPS) is 15.9. The van der Waals surface area contributed by atoms with Gasteiger partial charge in [0.25, 0.3) is 5.91 Å². The molecule has 2 aromatic carbocycles. The van der Waals surface area contributed by atoms with E-state index in [1.165, 1.54) is 24.4 Å².